The number of carbonyl (C=O) groups is 1. The van der Waals surface area contributed by atoms with E-state index in [0.29, 0.717) is 0 Å². The molecule has 15 aromatic carbocycles. The maximum Gasteiger partial charge on any atom is 0.155 e. The zero-order valence-corrected chi connectivity index (χ0v) is 60.9. The van der Waals surface area contributed by atoms with Crippen molar-refractivity contribution >= 4 is 39.0 Å². The van der Waals surface area contributed by atoms with E-state index in [2.05, 4.69) is 356 Å². The van der Waals surface area contributed by atoms with E-state index < -0.39 is 21.7 Å². The van der Waals surface area contributed by atoms with Gasteiger partial charge in [0.2, 0.25) is 0 Å². The maximum absolute atomic E-state index is 10.4. The van der Waals surface area contributed by atoms with Crippen molar-refractivity contribution in [2.45, 2.75) is 61.2 Å². The minimum atomic E-state index is -0.542. The fourth-order valence-electron chi connectivity index (χ4n) is 20.8. The number of aromatic nitrogens is 1. The number of rotatable bonds is 4. The van der Waals surface area contributed by atoms with Crippen molar-refractivity contribution < 1.29 is 12.5 Å². The number of hydrogen-bond acceptors (Lipinski definition) is 4. The molecule has 7 aliphatic carbocycles. The molecule has 1 fully saturated rings. The lowest BCUT2D eigenvalue weighted by Crippen LogP contribution is -2.43. The topological polar surface area (TPSA) is 66.5 Å². The summed E-state index contributed by atoms with van der Waals surface area (Å²) in [6, 6.07) is 133. The summed E-state index contributed by atoms with van der Waals surface area (Å²) < 4.78 is 14.9. The van der Waals surface area contributed by atoms with Crippen LogP contribution < -0.4 is 5.43 Å². The Hall–Kier alpha value is -13.1. The predicted octanol–water partition coefficient (Wildman–Crippen LogP) is 24.9. The van der Waals surface area contributed by atoms with E-state index in [-0.39, 0.29) is 13.2 Å². The molecule has 534 valence electrons. The molecule has 24 rings (SSSR count). The average molecular weight is 1430 g/mol. The number of H-pyrrole nitrogens is 1. The lowest BCUT2D eigenvalue weighted by molar-refractivity contribution is -0.114. The molecular formula is C106H83N3O2. The molecule has 0 atom stereocenters. The quantitative estimate of drug-likeness (QED) is 0.136. The molecule has 1 aromatic heterocycles. The number of hydrazone groups is 1. The molecule has 1 saturated heterocycles. The largest absolute Gasteiger partial charge is 0.381 e. The van der Waals surface area contributed by atoms with Gasteiger partial charge in [0.1, 0.15) is 0 Å². The van der Waals surface area contributed by atoms with Crippen molar-refractivity contribution in [1.82, 2.24) is 4.98 Å². The number of aromatic amines is 1. The molecule has 0 radical (unpaired) electrons. The number of anilines is 1. The molecule has 111 heavy (non-hydrogen) atoms. The molecule has 4 spiro atoms. The van der Waals surface area contributed by atoms with Gasteiger partial charge in [0, 0.05) is 61.1 Å². The highest BCUT2D eigenvalue weighted by molar-refractivity contribution is 6.15. The monoisotopic (exact) mass is 1430 g/mol. The predicted molar refractivity (Wildman–Crippen MR) is 458 cm³/mol. The Labute approximate surface area is 652 Å². The molecular weight excluding hydrogens is 1350 g/mol. The fraction of sp³-hybridized carbons (Fsp3) is 0.113. The number of ether oxygens (including phenoxy) is 1. The molecule has 1 aliphatic heterocycles. The van der Waals surface area contributed by atoms with Crippen molar-refractivity contribution in [2.75, 3.05) is 18.6 Å². The van der Waals surface area contributed by atoms with Crippen LogP contribution in [0.15, 0.2) is 375 Å². The van der Waals surface area contributed by atoms with Gasteiger partial charge in [0.05, 0.1) is 38.6 Å². The van der Waals surface area contributed by atoms with E-state index in [4.69, 9.17) is 12.8 Å². The molecule has 2 heterocycles. The number of allylic oxidation sites excluding steroid dienone is 2. The van der Waals surface area contributed by atoms with Crippen LogP contribution in [0.25, 0.3) is 66.3 Å². The number of benzene rings is 15. The van der Waals surface area contributed by atoms with E-state index in [0.717, 1.165) is 55.0 Å². The molecule has 2 N–H and O–H groups in total. The first-order chi connectivity index (χ1) is 55.6. The van der Waals surface area contributed by atoms with Gasteiger partial charge in [-0.25, -0.2) is 0 Å². The van der Waals surface area contributed by atoms with Gasteiger partial charge in [-0.3, -0.25) is 10.2 Å². The molecule has 0 bridgehead atoms. The van der Waals surface area contributed by atoms with Crippen LogP contribution in [0.5, 0.6) is 0 Å². The second-order valence-corrected chi connectivity index (χ2v) is 30.1. The number of nitrogens with one attached hydrogen (secondary N) is 2. The molecule has 5 nitrogen and oxygen atoms in total. The molecule has 0 unspecified atom stereocenters. The summed E-state index contributed by atoms with van der Waals surface area (Å²) in [5, 5.41) is 7.74. The number of hydrogen-bond donors (Lipinski definition) is 2. The standard InChI is InChI=1S/C51H34N2.C44H27N.C6H8O.C4H8O.CH4.H2/c1-3-18-34(19-4-1)49(35-20-5-2-6-21-35)53-52-47-33-17-32-46-48(47)38-24-9-12-27-41(38)51(46)44-30-15-13-28-42(44)50(43-29-14-16-31-45(43)51)39-25-10-7-22-36(39)37-23-8-11-26-40(37)50;1-5-17-32-27(13-1)28-14-2-6-18-33(28)43(32)35-20-8-10-22-37(35)44(38-23-11-9-21-36(38)43)34-19-7-3-16-31(34)41-39(44)26-25-30-29-15-4-12-24-40(29)45-42(30)41;7-6-4-2-1-3-5-6;1-2-4-5-3-1;;/h1-33,52H;1-26,45H;2,4H,1,3,5H2;1-4H2;1H4;1H/i;;;;;1+1D. The summed E-state index contributed by atoms with van der Waals surface area (Å²) >= 11 is 0. The van der Waals surface area contributed by atoms with Crippen LogP contribution in [0.2, 0.25) is 0 Å². The van der Waals surface area contributed by atoms with E-state index in [9.17, 15) is 4.79 Å². The normalized spacial score (nSPS) is 15.5. The second kappa shape index (κ2) is 27.0. The third-order valence-corrected chi connectivity index (χ3v) is 24.9. The van der Waals surface area contributed by atoms with E-state index in [1.807, 2.05) is 18.2 Å². The highest BCUT2D eigenvalue weighted by atomic mass is 16.5. The maximum atomic E-state index is 10.4. The summed E-state index contributed by atoms with van der Waals surface area (Å²) in [7, 11) is 0. The summed E-state index contributed by atoms with van der Waals surface area (Å²) in [6.45, 7) is 2.00. The van der Waals surface area contributed by atoms with Gasteiger partial charge >= 0.3 is 0 Å². The highest BCUT2D eigenvalue weighted by Crippen LogP contribution is 2.70. The number of fused-ring (bicyclic) bond motifs is 36. The van der Waals surface area contributed by atoms with E-state index in [1.54, 1.807) is 6.08 Å². The van der Waals surface area contributed by atoms with Gasteiger partial charge in [-0.1, -0.05) is 359 Å². The van der Waals surface area contributed by atoms with Gasteiger partial charge in [-0.15, -0.1) is 0 Å². The third-order valence-electron chi connectivity index (χ3n) is 24.9. The van der Waals surface area contributed by atoms with Gasteiger partial charge in [0.25, 0.3) is 0 Å². The zero-order chi connectivity index (χ0) is 75.0. The van der Waals surface area contributed by atoms with Crippen LogP contribution in [0.4, 0.5) is 5.69 Å². The Morgan fingerprint density at radius 3 is 1.06 bits per heavy atom. The number of ketones is 1. The molecule has 8 aliphatic rings. The number of para-hydroxylation sites is 1. The van der Waals surface area contributed by atoms with Crippen LogP contribution in [0, 0.1) is 0 Å². The second-order valence-electron chi connectivity index (χ2n) is 30.1. The molecule has 0 amide bonds. The summed E-state index contributed by atoms with van der Waals surface area (Å²) in [4.78, 5) is 14.2. The first-order valence-electron chi connectivity index (χ1n) is 39.9. The fourth-order valence-corrected chi connectivity index (χ4v) is 20.8. The average Bonchev–Trinajstić information content (AvgIpc) is 1.53. The third kappa shape index (κ3) is 9.65. The van der Waals surface area contributed by atoms with E-state index in [1.165, 1.54) is 168 Å². The van der Waals surface area contributed by atoms with Crippen molar-refractivity contribution in [1.29, 1.82) is 0 Å². The highest BCUT2D eigenvalue weighted by Gasteiger charge is 2.61. The summed E-state index contributed by atoms with van der Waals surface area (Å²) in [5.41, 5.74) is 40.1. The summed E-state index contributed by atoms with van der Waals surface area (Å²) in [6.07, 6.45) is 9.06. The lowest BCUT2D eigenvalue weighted by atomic mass is 9.52. The Balaban J connectivity index is 0.000000130. The van der Waals surface area contributed by atoms with Crippen molar-refractivity contribution in [3.8, 4) is 44.5 Å². The van der Waals surface area contributed by atoms with Crippen LogP contribution >= 0.6 is 0 Å². The van der Waals surface area contributed by atoms with Crippen molar-refractivity contribution in [3.05, 3.63) is 470 Å². The molecule has 0 saturated carbocycles. The first kappa shape index (κ1) is 66.2. The van der Waals surface area contributed by atoms with E-state index >= 15 is 0 Å². The minimum absolute atomic E-state index is 0. The smallest absolute Gasteiger partial charge is 0.155 e. The minimum Gasteiger partial charge on any atom is -0.381 e. The summed E-state index contributed by atoms with van der Waals surface area (Å²) in [5.74, 6) is 0.284. The first-order valence-corrected chi connectivity index (χ1v) is 38.9. The van der Waals surface area contributed by atoms with Crippen molar-refractivity contribution in [2.24, 2.45) is 5.10 Å². The SMILES string of the molecule is C.C1CCOC1.O=C1C=CCCC1.[2H][2H].c1ccc(C(=NNc2cccc3c2-c2ccccc2C32c3ccccc3C3(c4ccccc4-c4ccccc43)c3ccccc32)c2ccccc2)cc1.c1ccc2c(c1)-c1ccccc1C21c2ccccc2C2(c3ccccc3-c3c2ccc2c3[nH]c3ccccc32)c2ccccc21. The van der Waals surface area contributed by atoms with Gasteiger partial charge in [-0.2, -0.15) is 5.10 Å². The van der Waals surface area contributed by atoms with Gasteiger partial charge < -0.3 is 9.72 Å². The Kier molecular flexibility index (Phi) is 16.1. The number of nitrogens with zero attached hydrogens (tertiary/aromatic N) is 1. The van der Waals surface area contributed by atoms with Crippen LogP contribution in [0.1, 0.15) is 143 Å². The molecule has 5 heteroatoms. The van der Waals surface area contributed by atoms with Crippen molar-refractivity contribution in [3.63, 3.8) is 0 Å². The Morgan fingerprint density at radius 2 is 0.676 bits per heavy atom. The number of carbonyl (C=O) groups excluding carboxylic acids is 1. The van der Waals surface area contributed by atoms with Crippen LogP contribution in [-0.2, 0) is 31.2 Å². The zero-order valence-electron chi connectivity index (χ0n) is 62.9. The Bertz CT molecular complexity index is 6220. The van der Waals surface area contributed by atoms with Gasteiger partial charge in [-0.05, 0) is 166 Å². The Morgan fingerprint density at radius 1 is 0.333 bits per heavy atom. The lowest BCUT2D eigenvalue weighted by Gasteiger charge is -2.48. The van der Waals surface area contributed by atoms with Crippen LogP contribution in [-0.4, -0.2) is 29.7 Å². The van der Waals surface area contributed by atoms with Gasteiger partial charge in [0.15, 0.2) is 5.78 Å². The molecule has 16 aromatic rings. The van der Waals surface area contributed by atoms with Crippen LogP contribution in [0.3, 0.4) is 0 Å².